The van der Waals surface area contributed by atoms with Gasteiger partial charge in [-0.15, -0.1) is 0 Å². The van der Waals surface area contributed by atoms with Crippen molar-refractivity contribution in [1.29, 1.82) is 0 Å². The zero-order valence-corrected chi connectivity index (χ0v) is 20.7. The summed E-state index contributed by atoms with van der Waals surface area (Å²) in [5, 5.41) is 8.57. The van der Waals surface area contributed by atoms with Gasteiger partial charge in [0.15, 0.2) is 0 Å². The summed E-state index contributed by atoms with van der Waals surface area (Å²) in [5.41, 5.74) is 0. The van der Waals surface area contributed by atoms with E-state index in [0.717, 1.165) is 12.8 Å². The Bertz CT molecular complexity index is 316. The van der Waals surface area contributed by atoms with Crippen LogP contribution in [0.25, 0.3) is 0 Å². The standard InChI is InChI=1S/C24H46O2.Na/c1-2-3-4-5-6-7-8-9-10-11-12-13-14-15-16-17-18-19-20-21-22-23-24(25)26;/h9-10H,2-8,11-23H2,1H3,(H,25,26);/b10-9-;. The first-order valence-corrected chi connectivity index (χ1v) is 11.6. The minimum absolute atomic E-state index is 0. The quantitative estimate of drug-likeness (QED) is 0.122. The summed E-state index contributed by atoms with van der Waals surface area (Å²) >= 11 is 0. The molecular formula is C24H46NaO2. The van der Waals surface area contributed by atoms with Crippen LogP contribution in [-0.2, 0) is 4.79 Å². The third-order valence-corrected chi connectivity index (χ3v) is 5.15. The maximum absolute atomic E-state index is 10.4. The molecule has 0 aromatic rings. The Labute approximate surface area is 192 Å². The molecule has 0 aliphatic rings. The van der Waals surface area contributed by atoms with Gasteiger partial charge in [0.05, 0.1) is 0 Å². The van der Waals surface area contributed by atoms with Gasteiger partial charge in [-0.3, -0.25) is 4.79 Å². The Balaban J connectivity index is 0. The molecule has 0 aliphatic heterocycles. The van der Waals surface area contributed by atoms with Crippen LogP contribution >= 0.6 is 0 Å². The van der Waals surface area contributed by atoms with E-state index < -0.39 is 5.97 Å². The van der Waals surface area contributed by atoms with Gasteiger partial charge in [0.2, 0.25) is 0 Å². The topological polar surface area (TPSA) is 37.3 Å². The van der Waals surface area contributed by atoms with Crippen LogP contribution in [0.3, 0.4) is 0 Å². The van der Waals surface area contributed by atoms with Gasteiger partial charge in [0, 0.05) is 36.0 Å². The maximum atomic E-state index is 10.4. The van der Waals surface area contributed by atoms with Crippen LogP contribution in [0.4, 0.5) is 0 Å². The molecule has 0 aliphatic carbocycles. The summed E-state index contributed by atoms with van der Waals surface area (Å²) in [6, 6.07) is 0. The molecule has 0 unspecified atom stereocenters. The van der Waals surface area contributed by atoms with Crippen LogP contribution in [-0.4, -0.2) is 40.6 Å². The summed E-state index contributed by atoms with van der Waals surface area (Å²) in [7, 11) is 0. The number of carboxylic acid groups (broad SMARTS) is 1. The van der Waals surface area contributed by atoms with E-state index >= 15 is 0 Å². The van der Waals surface area contributed by atoms with Gasteiger partial charge in [-0.05, 0) is 32.1 Å². The SMILES string of the molecule is CCCCCCCC/C=C\CCCCCCCCCCCCCC(=O)O.[Na]. The molecule has 27 heavy (non-hydrogen) atoms. The number of hydrogen-bond acceptors (Lipinski definition) is 1. The van der Waals surface area contributed by atoms with Gasteiger partial charge >= 0.3 is 5.97 Å². The Hall–Kier alpha value is 0.210. The predicted molar refractivity (Wildman–Crippen MR) is 121 cm³/mol. The molecule has 0 saturated heterocycles. The van der Waals surface area contributed by atoms with Crippen molar-refractivity contribution in [1.82, 2.24) is 0 Å². The second kappa shape index (κ2) is 26.2. The number of carboxylic acids is 1. The fourth-order valence-corrected chi connectivity index (χ4v) is 3.41. The molecule has 0 saturated carbocycles. The zero-order valence-electron chi connectivity index (χ0n) is 18.7. The van der Waals surface area contributed by atoms with Crippen LogP contribution in [0.5, 0.6) is 0 Å². The van der Waals surface area contributed by atoms with Crippen LogP contribution in [0.1, 0.15) is 135 Å². The predicted octanol–water partition coefficient (Wildman–Crippen LogP) is 8.07. The van der Waals surface area contributed by atoms with Crippen LogP contribution in [0.2, 0.25) is 0 Å². The Morgan fingerprint density at radius 1 is 0.593 bits per heavy atom. The second-order valence-corrected chi connectivity index (χ2v) is 7.85. The third kappa shape index (κ3) is 28.5. The molecule has 0 fully saturated rings. The first-order valence-electron chi connectivity index (χ1n) is 11.6. The average molecular weight is 390 g/mol. The van der Waals surface area contributed by atoms with Crippen molar-refractivity contribution >= 4 is 35.5 Å². The minimum atomic E-state index is -0.654. The zero-order chi connectivity index (χ0) is 19.1. The van der Waals surface area contributed by atoms with E-state index in [1.54, 1.807) is 0 Å². The van der Waals surface area contributed by atoms with Gasteiger partial charge < -0.3 is 5.11 Å². The van der Waals surface area contributed by atoms with Crippen molar-refractivity contribution in [2.75, 3.05) is 0 Å². The van der Waals surface area contributed by atoms with E-state index in [4.69, 9.17) is 5.11 Å². The first-order chi connectivity index (χ1) is 12.8. The van der Waals surface area contributed by atoms with Crippen molar-refractivity contribution in [3.63, 3.8) is 0 Å². The second-order valence-electron chi connectivity index (χ2n) is 7.85. The van der Waals surface area contributed by atoms with E-state index in [9.17, 15) is 4.79 Å². The third-order valence-electron chi connectivity index (χ3n) is 5.15. The van der Waals surface area contributed by atoms with Crippen LogP contribution in [0.15, 0.2) is 12.2 Å². The largest absolute Gasteiger partial charge is 0.481 e. The summed E-state index contributed by atoms with van der Waals surface area (Å²) in [5.74, 6) is -0.654. The number of aliphatic carboxylic acids is 1. The Morgan fingerprint density at radius 2 is 0.926 bits per heavy atom. The molecule has 1 radical (unpaired) electrons. The summed E-state index contributed by atoms with van der Waals surface area (Å²) in [6.45, 7) is 2.28. The van der Waals surface area contributed by atoms with Crippen molar-refractivity contribution in [2.45, 2.75) is 135 Å². The summed E-state index contributed by atoms with van der Waals surface area (Å²) < 4.78 is 0. The van der Waals surface area contributed by atoms with E-state index in [-0.39, 0.29) is 29.6 Å². The molecule has 0 amide bonds. The summed E-state index contributed by atoms with van der Waals surface area (Å²) in [4.78, 5) is 10.4. The Morgan fingerprint density at radius 3 is 1.30 bits per heavy atom. The van der Waals surface area contributed by atoms with Gasteiger partial charge in [0.25, 0.3) is 0 Å². The van der Waals surface area contributed by atoms with Gasteiger partial charge in [-0.25, -0.2) is 0 Å². The smallest absolute Gasteiger partial charge is 0.303 e. The molecule has 1 N–H and O–H groups in total. The van der Waals surface area contributed by atoms with E-state index in [1.807, 2.05) is 0 Å². The van der Waals surface area contributed by atoms with E-state index in [1.165, 1.54) is 109 Å². The normalized spacial score (nSPS) is 11.0. The molecule has 155 valence electrons. The molecule has 0 heterocycles. The van der Waals surface area contributed by atoms with Crippen molar-refractivity contribution in [3.8, 4) is 0 Å². The molecular weight excluding hydrogens is 343 g/mol. The first kappa shape index (κ1) is 29.4. The van der Waals surface area contributed by atoms with Gasteiger partial charge in [-0.1, -0.05) is 109 Å². The monoisotopic (exact) mass is 389 g/mol. The molecule has 0 bridgehead atoms. The van der Waals surface area contributed by atoms with E-state index in [2.05, 4.69) is 19.1 Å². The maximum Gasteiger partial charge on any atom is 0.303 e. The molecule has 2 nitrogen and oxygen atoms in total. The van der Waals surface area contributed by atoms with Crippen molar-refractivity contribution in [3.05, 3.63) is 12.2 Å². The fourth-order valence-electron chi connectivity index (χ4n) is 3.41. The Kier molecular flexibility index (Phi) is 28.6. The molecule has 0 aromatic heterocycles. The molecule has 0 rings (SSSR count). The molecule has 0 aromatic carbocycles. The number of carbonyl (C=O) groups is 1. The molecule has 0 atom stereocenters. The van der Waals surface area contributed by atoms with Crippen LogP contribution in [0, 0.1) is 0 Å². The number of allylic oxidation sites excluding steroid dienone is 2. The summed E-state index contributed by atoms with van der Waals surface area (Å²) in [6.07, 6.45) is 30.1. The van der Waals surface area contributed by atoms with Crippen molar-refractivity contribution < 1.29 is 9.90 Å². The van der Waals surface area contributed by atoms with E-state index in [0.29, 0.717) is 6.42 Å². The van der Waals surface area contributed by atoms with Gasteiger partial charge in [-0.2, -0.15) is 0 Å². The minimum Gasteiger partial charge on any atom is -0.481 e. The fraction of sp³-hybridized carbons (Fsp3) is 0.875. The number of unbranched alkanes of at least 4 members (excludes halogenated alkanes) is 17. The molecule has 3 heteroatoms. The van der Waals surface area contributed by atoms with Crippen molar-refractivity contribution in [2.24, 2.45) is 0 Å². The number of hydrogen-bond donors (Lipinski definition) is 1. The number of rotatable bonds is 21. The average Bonchev–Trinajstić information content (AvgIpc) is 2.62. The molecule has 0 spiro atoms. The van der Waals surface area contributed by atoms with Crippen LogP contribution < -0.4 is 0 Å². The van der Waals surface area contributed by atoms with Gasteiger partial charge in [0.1, 0.15) is 0 Å².